The van der Waals surface area contributed by atoms with Gasteiger partial charge in [0.1, 0.15) is 11.6 Å². The summed E-state index contributed by atoms with van der Waals surface area (Å²) in [6, 6.07) is 10.2. The highest BCUT2D eigenvalue weighted by Crippen LogP contribution is 2.24. The Kier molecular flexibility index (Phi) is 3.52. The molecule has 0 N–H and O–H groups in total. The van der Waals surface area contributed by atoms with Crippen LogP contribution in [0.2, 0.25) is 0 Å². The Balaban J connectivity index is 2.12. The fourth-order valence-corrected chi connectivity index (χ4v) is 2.21. The summed E-state index contributed by atoms with van der Waals surface area (Å²) in [4.78, 5) is 9.09. The molecule has 0 aliphatic heterocycles. The predicted molar refractivity (Wildman–Crippen MR) is 80.8 cm³/mol. The zero-order chi connectivity index (χ0) is 14.8. The number of hydrogen-bond acceptors (Lipinski definition) is 2. The number of rotatable bonds is 3. The van der Waals surface area contributed by atoms with Crippen molar-refractivity contribution in [2.24, 2.45) is 0 Å². The van der Waals surface area contributed by atoms with E-state index in [4.69, 9.17) is 0 Å². The molecule has 3 rings (SSSR count). The first-order valence-electron chi connectivity index (χ1n) is 6.91. The molecule has 0 aliphatic carbocycles. The maximum absolute atomic E-state index is 13.0. The molecule has 0 fully saturated rings. The molecule has 2 aromatic heterocycles. The highest BCUT2D eigenvalue weighted by atomic mass is 19.1. The minimum absolute atomic E-state index is 0.261. The molecule has 0 unspecified atom stereocenters. The van der Waals surface area contributed by atoms with Crippen molar-refractivity contribution in [1.82, 2.24) is 14.5 Å². The monoisotopic (exact) mass is 281 g/mol. The fraction of sp³-hybridized carbons (Fsp3) is 0.176. The van der Waals surface area contributed by atoms with Crippen LogP contribution < -0.4 is 0 Å². The van der Waals surface area contributed by atoms with Crippen LogP contribution >= 0.6 is 0 Å². The van der Waals surface area contributed by atoms with E-state index >= 15 is 0 Å². The first kappa shape index (κ1) is 13.5. The van der Waals surface area contributed by atoms with Crippen molar-refractivity contribution in [3.63, 3.8) is 0 Å². The maximum atomic E-state index is 13.0. The molecule has 2 heterocycles. The molecule has 106 valence electrons. The van der Waals surface area contributed by atoms with Crippen molar-refractivity contribution in [2.45, 2.75) is 19.8 Å². The lowest BCUT2D eigenvalue weighted by molar-refractivity contribution is 0.628. The third-order valence-corrected chi connectivity index (χ3v) is 3.37. The van der Waals surface area contributed by atoms with E-state index in [1.807, 2.05) is 35.3 Å². The van der Waals surface area contributed by atoms with Crippen molar-refractivity contribution in [3.05, 3.63) is 66.4 Å². The average molecular weight is 281 g/mol. The van der Waals surface area contributed by atoms with Gasteiger partial charge < -0.3 is 4.57 Å². The normalized spacial score (nSPS) is 11.0. The van der Waals surface area contributed by atoms with E-state index in [1.165, 1.54) is 12.1 Å². The van der Waals surface area contributed by atoms with Gasteiger partial charge in [-0.15, -0.1) is 0 Å². The molecule has 0 atom stereocenters. The molecular formula is C17H16FN3. The van der Waals surface area contributed by atoms with E-state index in [0.29, 0.717) is 11.7 Å². The summed E-state index contributed by atoms with van der Waals surface area (Å²) < 4.78 is 15.0. The summed E-state index contributed by atoms with van der Waals surface area (Å²) in [5.41, 5.74) is 1.89. The van der Waals surface area contributed by atoms with Crippen LogP contribution in [0.4, 0.5) is 4.39 Å². The first-order valence-corrected chi connectivity index (χ1v) is 6.91. The van der Waals surface area contributed by atoms with Gasteiger partial charge in [0, 0.05) is 29.7 Å². The van der Waals surface area contributed by atoms with Gasteiger partial charge >= 0.3 is 0 Å². The summed E-state index contributed by atoms with van der Waals surface area (Å²) in [6.45, 7) is 4.23. The van der Waals surface area contributed by atoms with E-state index in [0.717, 1.165) is 16.9 Å². The molecule has 4 heteroatoms. The average Bonchev–Trinajstić information content (AvgIpc) is 3.01. The van der Waals surface area contributed by atoms with E-state index in [2.05, 4.69) is 23.8 Å². The van der Waals surface area contributed by atoms with E-state index in [-0.39, 0.29) is 5.82 Å². The Morgan fingerprint density at radius 1 is 1.05 bits per heavy atom. The molecule has 0 bridgehead atoms. The van der Waals surface area contributed by atoms with Crippen molar-refractivity contribution >= 4 is 0 Å². The Hall–Kier alpha value is -2.49. The first-order chi connectivity index (χ1) is 10.1. The third kappa shape index (κ3) is 2.70. The van der Waals surface area contributed by atoms with Crippen LogP contribution in [0.1, 0.15) is 25.3 Å². The van der Waals surface area contributed by atoms with Crippen molar-refractivity contribution in [1.29, 1.82) is 0 Å². The van der Waals surface area contributed by atoms with Gasteiger partial charge in [0.15, 0.2) is 5.82 Å². The summed E-state index contributed by atoms with van der Waals surface area (Å²) in [5.74, 6) is 1.53. The molecule has 1 aromatic carbocycles. The van der Waals surface area contributed by atoms with Crippen LogP contribution in [0.3, 0.4) is 0 Å². The minimum atomic E-state index is -0.261. The second kappa shape index (κ2) is 5.48. The quantitative estimate of drug-likeness (QED) is 0.720. The summed E-state index contributed by atoms with van der Waals surface area (Å²) in [6.07, 6.45) is 5.77. The Bertz CT molecular complexity index is 731. The standard InChI is InChI=1S/C17H16FN3/c1-12(2)15-11-19-16(13-5-7-14(18)8-6-13)20-17(15)21-9-3-4-10-21/h3-12H,1-2H3. The number of aromatic nitrogens is 3. The molecule has 0 saturated heterocycles. The second-order valence-electron chi connectivity index (χ2n) is 5.22. The van der Waals surface area contributed by atoms with Crippen LogP contribution in [0.25, 0.3) is 17.2 Å². The van der Waals surface area contributed by atoms with Crippen molar-refractivity contribution in [2.75, 3.05) is 0 Å². The van der Waals surface area contributed by atoms with Crippen molar-refractivity contribution < 1.29 is 4.39 Å². The summed E-state index contributed by atoms with van der Waals surface area (Å²) >= 11 is 0. The fourth-order valence-electron chi connectivity index (χ4n) is 2.21. The van der Waals surface area contributed by atoms with Crippen LogP contribution in [0.15, 0.2) is 55.0 Å². The minimum Gasteiger partial charge on any atom is -0.308 e. The Morgan fingerprint density at radius 3 is 2.33 bits per heavy atom. The molecule has 0 amide bonds. The van der Waals surface area contributed by atoms with Gasteiger partial charge in [0.25, 0.3) is 0 Å². The van der Waals surface area contributed by atoms with Gasteiger partial charge in [-0.3, -0.25) is 0 Å². The molecule has 0 radical (unpaired) electrons. The number of benzene rings is 1. The topological polar surface area (TPSA) is 30.7 Å². The van der Waals surface area contributed by atoms with Gasteiger partial charge in [0.2, 0.25) is 0 Å². The number of hydrogen-bond donors (Lipinski definition) is 0. The summed E-state index contributed by atoms with van der Waals surface area (Å²) in [7, 11) is 0. The molecule has 3 nitrogen and oxygen atoms in total. The highest BCUT2D eigenvalue weighted by molar-refractivity contribution is 5.56. The van der Waals surface area contributed by atoms with Gasteiger partial charge in [0.05, 0.1) is 0 Å². The van der Waals surface area contributed by atoms with Crippen LogP contribution in [-0.2, 0) is 0 Å². The van der Waals surface area contributed by atoms with Crippen LogP contribution in [0.5, 0.6) is 0 Å². The van der Waals surface area contributed by atoms with Gasteiger partial charge in [-0.05, 0) is 42.3 Å². The molecule has 21 heavy (non-hydrogen) atoms. The molecule has 0 aliphatic rings. The smallest absolute Gasteiger partial charge is 0.161 e. The number of halogens is 1. The van der Waals surface area contributed by atoms with Gasteiger partial charge in [-0.2, -0.15) is 0 Å². The predicted octanol–water partition coefficient (Wildman–Crippen LogP) is 4.20. The lowest BCUT2D eigenvalue weighted by Gasteiger charge is -2.13. The molecule has 0 spiro atoms. The lowest BCUT2D eigenvalue weighted by Crippen LogP contribution is -2.05. The Morgan fingerprint density at radius 2 is 1.71 bits per heavy atom. The largest absolute Gasteiger partial charge is 0.308 e. The van der Waals surface area contributed by atoms with Gasteiger partial charge in [-0.1, -0.05) is 13.8 Å². The second-order valence-corrected chi connectivity index (χ2v) is 5.22. The van der Waals surface area contributed by atoms with E-state index in [9.17, 15) is 4.39 Å². The van der Waals surface area contributed by atoms with Gasteiger partial charge in [-0.25, -0.2) is 14.4 Å². The zero-order valence-corrected chi connectivity index (χ0v) is 12.0. The number of nitrogens with zero attached hydrogens (tertiary/aromatic N) is 3. The Labute approximate surface area is 123 Å². The third-order valence-electron chi connectivity index (χ3n) is 3.37. The highest BCUT2D eigenvalue weighted by Gasteiger charge is 2.12. The SMILES string of the molecule is CC(C)c1cnc(-c2ccc(F)cc2)nc1-n1cccc1. The lowest BCUT2D eigenvalue weighted by atomic mass is 10.1. The molecular weight excluding hydrogens is 265 g/mol. The van der Waals surface area contributed by atoms with E-state index < -0.39 is 0 Å². The van der Waals surface area contributed by atoms with Crippen LogP contribution in [0, 0.1) is 5.82 Å². The molecule has 0 saturated carbocycles. The van der Waals surface area contributed by atoms with Crippen LogP contribution in [-0.4, -0.2) is 14.5 Å². The zero-order valence-electron chi connectivity index (χ0n) is 12.0. The maximum Gasteiger partial charge on any atom is 0.161 e. The molecule has 3 aromatic rings. The van der Waals surface area contributed by atoms with E-state index in [1.54, 1.807) is 12.1 Å². The van der Waals surface area contributed by atoms with Crippen molar-refractivity contribution in [3.8, 4) is 17.2 Å². The summed E-state index contributed by atoms with van der Waals surface area (Å²) in [5, 5.41) is 0.